The van der Waals surface area contributed by atoms with E-state index in [1.54, 1.807) is 54.4 Å². The van der Waals surface area contributed by atoms with E-state index < -0.39 is 4.92 Å². The zero-order valence-electron chi connectivity index (χ0n) is 17.6. The lowest BCUT2D eigenvalue weighted by atomic mass is 10.1. The number of nitrogens with one attached hydrogen (secondary N) is 1. The predicted octanol–water partition coefficient (Wildman–Crippen LogP) is 4.22. The minimum absolute atomic E-state index is 0.00769. The molecule has 4 aromatic rings. The van der Waals surface area contributed by atoms with Gasteiger partial charge in [-0.3, -0.25) is 14.9 Å². The number of nitro groups is 1. The van der Waals surface area contributed by atoms with Crippen molar-refractivity contribution in [1.82, 2.24) is 15.2 Å². The fraction of sp³-hybridized carbons (Fsp3) is 0.0417. The van der Waals surface area contributed by atoms with Crippen LogP contribution >= 0.6 is 0 Å². The van der Waals surface area contributed by atoms with Crippen LogP contribution in [0.4, 0.5) is 5.69 Å². The highest BCUT2D eigenvalue weighted by molar-refractivity contribution is 5.95. The van der Waals surface area contributed by atoms with Gasteiger partial charge in [0.25, 0.3) is 11.6 Å². The van der Waals surface area contributed by atoms with Gasteiger partial charge >= 0.3 is 0 Å². The van der Waals surface area contributed by atoms with Gasteiger partial charge in [0.1, 0.15) is 11.4 Å². The molecular weight excluding hydrogens is 422 g/mol. The van der Waals surface area contributed by atoms with Crippen molar-refractivity contribution in [2.45, 2.75) is 0 Å². The molecule has 0 saturated heterocycles. The fourth-order valence-electron chi connectivity index (χ4n) is 3.13. The zero-order chi connectivity index (χ0) is 23.2. The number of nitrogens with zero attached hydrogens (tertiary/aromatic N) is 4. The normalized spacial score (nSPS) is 10.8. The molecule has 33 heavy (non-hydrogen) atoms. The molecule has 9 nitrogen and oxygen atoms in total. The number of methoxy groups -OCH3 is 1. The molecule has 9 heteroatoms. The van der Waals surface area contributed by atoms with Gasteiger partial charge in [-0.05, 0) is 48.5 Å². The number of hydrogen-bond acceptors (Lipinski definition) is 6. The largest absolute Gasteiger partial charge is 0.497 e. The van der Waals surface area contributed by atoms with E-state index in [0.717, 1.165) is 5.56 Å². The Morgan fingerprint density at radius 1 is 1.06 bits per heavy atom. The number of amides is 1. The molecule has 0 radical (unpaired) electrons. The molecule has 0 aliphatic carbocycles. The Hall–Kier alpha value is -4.79. The average Bonchev–Trinajstić information content (AvgIpc) is 3.28. The molecule has 0 fully saturated rings. The molecule has 1 aromatic heterocycles. The summed E-state index contributed by atoms with van der Waals surface area (Å²) in [5.41, 5.74) is 5.72. The quantitative estimate of drug-likeness (QED) is 0.262. The lowest BCUT2D eigenvalue weighted by Crippen LogP contribution is -2.17. The van der Waals surface area contributed by atoms with Gasteiger partial charge in [0.05, 0.1) is 23.9 Å². The van der Waals surface area contributed by atoms with Crippen molar-refractivity contribution >= 4 is 17.8 Å². The molecule has 0 spiro atoms. The highest BCUT2D eigenvalue weighted by Gasteiger charge is 2.13. The highest BCUT2D eigenvalue weighted by atomic mass is 16.6. The molecule has 0 aliphatic rings. The maximum Gasteiger partial charge on any atom is 0.271 e. The minimum Gasteiger partial charge on any atom is -0.497 e. The molecule has 0 saturated carbocycles. The lowest BCUT2D eigenvalue weighted by Gasteiger charge is -2.03. The van der Waals surface area contributed by atoms with E-state index in [-0.39, 0.29) is 11.6 Å². The van der Waals surface area contributed by atoms with Crippen LogP contribution in [0.5, 0.6) is 5.75 Å². The summed E-state index contributed by atoms with van der Waals surface area (Å²) < 4.78 is 6.82. The topological polar surface area (TPSA) is 112 Å². The highest BCUT2D eigenvalue weighted by Crippen LogP contribution is 2.25. The molecule has 0 bridgehead atoms. The first-order valence-electron chi connectivity index (χ1n) is 9.92. The van der Waals surface area contributed by atoms with Crippen molar-refractivity contribution in [1.29, 1.82) is 0 Å². The number of ether oxygens (including phenoxy) is 1. The summed E-state index contributed by atoms with van der Waals surface area (Å²) in [6, 6.07) is 22.2. The van der Waals surface area contributed by atoms with E-state index in [0.29, 0.717) is 28.3 Å². The van der Waals surface area contributed by atoms with Gasteiger partial charge in [0.15, 0.2) is 0 Å². The molecule has 0 atom stereocenters. The zero-order valence-corrected chi connectivity index (χ0v) is 17.6. The first-order valence-corrected chi connectivity index (χ1v) is 9.92. The fourth-order valence-corrected chi connectivity index (χ4v) is 3.13. The molecule has 4 rings (SSSR count). The predicted molar refractivity (Wildman–Crippen MR) is 124 cm³/mol. The van der Waals surface area contributed by atoms with Gasteiger partial charge in [0.2, 0.25) is 0 Å². The number of rotatable bonds is 7. The molecule has 0 unspecified atom stereocenters. The van der Waals surface area contributed by atoms with Crippen molar-refractivity contribution in [2.24, 2.45) is 5.10 Å². The molecular formula is C24H19N5O4. The number of non-ortho nitro benzene ring substituents is 1. The van der Waals surface area contributed by atoms with Crippen LogP contribution in [0.15, 0.2) is 90.2 Å². The number of hydrazone groups is 1. The van der Waals surface area contributed by atoms with Gasteiger partial charge in [-0.2, -0.15) is 10.2 Å². The molecule has 1 heterocycles. The third-order valence-electron chi connectivity index (χ3n) is 4.84. The van der Waals surface area contributed by atoms with Crippen molar-refractivity contribution < 1.29 is 14.5 Å². The Morgan fingerprint density at radius 3 is 2.39 bits per heavy atom. The van der Waals surface area contributed by atoms with E-state index in [2.05, 4.69) is 15.6 Å². The van der Waals surface area contributed by atoms with Crippen molar-refractivity contribution in [3.05, 3.63) is 106 Å². The summed E-state index contributed by atoms with van der Waals surface area (Å²) >= 11 is 0. The monoisotopic (exact) mass is 441 g/mol. The second kappa shape index (κ2) is 9.56. The Balaban J connectivity index is 1.66. The van der Waals surface area contributed by atoms with Crippen molar-refractivity contribution in [3.63, 3.8) is 0 Å². The number of aromatic nitrogens is 2. The van der Waals surface area contributed by atoms with E-state index in [4.69, 9.17) is 4.74 Å². The van der Waals surface area contributed by atoms with Crippen LogP contribution in [-0.2, 0) is 0 Å². The summed E-state index contributed by atoms with van der Waals surface area (Å²) in [5.74, 6) is 0.375. The van der Waals surface area contributed by atoms with Gasteiger partial charge in [-0.15, -0.1) is 0 Å². The maximum absolute atomic E-state index is 12.3. The van der Waals surface area contributed by atoms with Crippen LogP contribution < -0.4 is 10.2 Å². The van der Waals surface area contributed by atoms with Gasteiger partial charge < -0.3 is 4.74 Å². The summed E-state index contributed by atoms with van der Waals surface area (Å²) in [4.78, 5) is 22.7. The first kappa shape index (κ1) is 21.4. The third kappa shape index (κ3) is 4.93. The SMILES string of the molecule is COc1ccc(-c2nn(-c3ccc([N+](=O)[O-])cc3)cc2/C=N/NC(=O)c2ccccc2)cc1. The molecule has 0 aliphatic heterocycles. The van der Waals surface area contributed by atoms with E-state index in [9.17, 15) is 14.9 Å². The Bertz CT molecular complexity index is 1300. The smallest absolute Gasteiger partial charge is 0.271 e. The van der Waals surface area contributed by atoms with Crippen LogP contribution in [0, 0.1) is 10.1 Å². The Kier molecular flexibility index (Phi) is 6.21. The lowest BCUT2D eigenvalue weighted by molar-refractivity contribution is -0.384. The summed E-state index contributed by atoms with van der Waals surface area (Å²) in [6.07, 6.45) is 3.24. The first-order chi connectivity index (χ1) is 16.0. The second-order valence-corrected chi connectivity index (χ2v) is 6.94. The standard InChI is InChI=1S/C24H19N5O4/c1-33-22-13-7-17(8-14-22)23-19(15-25-26-24(30)18-5-3-2-4-6-18)16-28(27-23)20-9-11-21(12-10-20)29(31)32/h2-16H,1H3,(H,26,30)/b25-15+. The van der Waals surface area contributed by atoms with Gasteiger partial charge in [-0.1, -0.05) is 18.2 Å². The van der Waals surface area contributed by atoms with Crippen LogP contribution in [0.2, 0.25) is 0 Å². The maximum atomic E-state index is 12.3. The van der Waals surface area contributed by atoms with Gasteiger partial charge in [-0.25, -0.2) is 10.1 Å². The summed E-state index contributed by atoms with van der Waals surface area (Å²) in [5, 5.41) is 19.7. The van der Waals surface area contributed by atoms with Crippen LogP contribution in [0.3, 0.4) is 0 Å². The van der Waals surface area contributed by atoms with E-state index in [1.165, 1.54) is 18.3 Å². The number of benzene rings is 3. The number of carbonyl (C=O) groups is 1. The minimum atomic E-state index is -0.455. The summed E-state index contributed by atoms with van der Waals surface area (Å²) in [6.45, 7) is 0. The number of hydrogen-bond donors (Lipinski definition) is 1. The van der Waals surface area contributed by atoms with Crippen molar-refractivity contribution in [2.75, 3.05) is 7.11 Å². The number of nitro benzene ring substituents is 1. The van der Waals surface area contributed by atoms with Crippen molar-refractivity contribution in [3.8, 4) is 22.7 Å². The van der Waals surface area contributed by atoms with Gasteiger partial charge in [0, 0.05) is 35.0 Å². The number of carbonyl (C=O) groups excluding carboxylic acids is 1. The Morgan fingerprint density at radius 2 is 1.76 bits per heavy atom. The van der Waals surface area contributed by atoms with E-state index >= 15 is 0 Å². The molecule has 1 amide bonds. The third-order valence-corrected chi connectivity index (χ3v) is 4.84. The van der Waals surface area contributed by atoms with E-state index in [1.807, 2.05) is 30.3 Å². The van der Waals surface area contributed by atoms with Crippen LogP contribution in [0.1, 0.15) is 15.9 Å². The summed E-state index contributed by atoms with van der Waals surface area (Å²) in [7, 11) is 1.59. The van der Waals surface area contributed by atoms with Crippen LogP contribution in [-0.4, -0.2) is 33.9 Å². The van der Waals surface area contributed by atoms with Crippen LogP contribution in [0.25, 0.3) is 16.9 Å². The molecule has 164 valence electrons. The Labute approximate surface area is 189 Å². The second-order valence-electron chi connectivity index (χ2n) is 6.94. The molecule has 1 N–H and O–H groups in total. The average molecular weight is 441 g/mol. The molecule has 3 aromatic carbocycles.